The highest BCUT2D eigenvalue weighted by Crippen LogP contribution is 2.30. The molecule has 5 rings (SSSR count). The van der Waals surface area contributed by atoms with Gasteiger partial charge in [0.1, 0.15) is 5.82 Å². The Bertz CT molecular complexity index is 1250. The Labute approximate surface area is 186 Å². The quantitative estimate of drug-likeness (QED) is 0.415. The third kappa shape index (κ3) is 4.01. The summed E-state index contributed by atoms with van der Waals surface area (Å²) in [5.74, 6) is 1.47. The van der Waals surface area contributed by atoms with Crippen LogP contribution < -0.4 is 5.32 Å². The molecule has 4 aromatic rings. The van der Waals surface area contributed by atoms with Gasteiger partial charge < -0.3 is 5.32 Å². The van der Waals surface area contributed by atoms with Crippen LogP contribution in [0, 0.1) is 0 Å². The predicted molar refractivity (Wildman–Crippen MR) is 124 cm³/mol. The van der Waals surface area contributed by atoms with E-state index in [4.69, 9.17) is 0 Å². The molecule has 0 radical (unpaired) electrons. The number of amides is 1. The monoisotopic (exact) mass is 429 g/mol. The van der Waals surface area contributed by atoms with E-state index < -0.39 is 0 Å². The summed E-state index contributed by atoms with van der Waals surface area (Å²) >= 11 is 0. The lowest BCUT2D eigenvalue weighted by atomic mass is 9.93. The summed E-state index contributed by atoms with van der Waals surface area (Å²) in [7, 11) is 2.05. The number of benzene rings is 2. The molecular formula is C24H27N7O. The summed E-state index contributed by atoms with van der Waals surface area (Å²) in [6.07, 6.45) is 3.32. The third-order valence-corrected chi connectivity index (χ3v) is 6.15. The van der Waals surface area contributed by atoms with E-state index >= 15 is 0 Å². The summed E-state index contributed by atoms with van der Waals surface area (Å²) in [4.78, 5) is 19.4. The van der Waals surface area contributed by atoms with Gasteiger partial charge in [-0.3, -0.25) is 19.9 Å². The number of rotatable bonds is 7. The number of fused-ring (bicyclic) bond motifs is 1. The van der Waals surface area contributed by atoms with Crippen LogP contribution in [0.25, 0.3) is 33.5 Å². The fourth-order valence-corrected chi connectivity index (χ4v) is 3.86. The summed E-state index contributed by atoms with van der Waals surface area (Å²) in [6, 6.07) is 14.0. The van der Waals surface area contributed by atoms with Gasteiger partial charge in [-0.15, -0.1) is 0 Å². The Morgan fingerprint density at radius 2 is 2.00 bits per heavy atom. The maximum atomic E-state index is 12.6. The van der Waals surface area contributed by atoms with Gasteiger partial charge in [-0.2, -0.15) is 10.2 Å². The van der Waals surface area contributed by atoms with Crippen LogP contribution in [0.5, 0.6) is 0 Å². The smallest absolute Gasteiger partial charge is 0.251 e. The molecule has 0 unspecified atom stereocenters. The minimum Gasteiger partial charge on any atom is -0.349 e. The highest BCUT2D eigenvalue weighted by Gasteiger charge is 2.20. The van der Waals surface area contributed by atoms with E-state index in [1.54, 1.807) is 0 Å². The molecule has 32 heavy (non-hydrogen) atoms. The maximum absolute atomic E-state index is 12.6. The molecule has 164 valence electrons. The van der Waals surface area contributed by atoms with E-state index in [2.05, 4.69) is 42.5 Å². The molecule has 1 aliphatic rings. The second kappa shape index (κ2) is 8.55. The molecule has 2 aromatic heterocycles. The second-order valence-electron chi connectivity index (χ2n) is 8.45. The number of H-pyrrole nitrogens is 2. The molecule has 0 spiro atoms. The van der Waals surface area contributed by atoms with Crippen LogP contribution in [-0.4, -0.2) is 55.8 Å². The van der Waals surface area contributed by atoms with Crippen molar-refractivity contribution in [3.05, 3.63) is 53.9 Å². The lowest BCUT2D eigenvalue weighted by molar-refractivity contribution is 0.0917. The van der Waals surface area contributed by atoms with Gasteiger partial charge in [0.15, 0.2) is 5.82 Å². The van der Waals surface area contributed by atoms with Crippen LogP contribution in [-0.2, 0) is 6.54 Å². The zero-order valence-corrected chi connectivity index (χ0v) is 18.4. The lowest BCUT2D eigenvalue weighted by Gasteiger charge is -2.26. The van der Waals surface area contributed by atoms with E-state index in [0.29, 0.717) is 17.4 Å². The molecule has 0 saturated heterocycles. The van der Waals surface area contributed by atoms with Gasteiger partial charge in [0.05, 0.1) is 17.8 Å². The van der Waals surface area contributed by atoms with Gasteiger partial charge in [0.25, 0.3) is 5.91 Å². The molecule has 8 nitrogen and oxygen atoms in total. The molecule has 8 heteroatoms. The number of hydrogen-bond acceptors (Lipinski definition) is 5. The lowest BCUT2D eigenvalue weighted by Crippen LogP contribution is -2.39. The Kier molecular flexibility index (Phi) is 5.45. The fourth-order valence-electron chi connectivity index (χ4n) is 3.86. The fraction of sp³-hybridized carbons (Fsp3) is 0.333. The minimum absolute atomic E-state index is 0.0256. The van der Waals surface area contributed by atoms with Crippen molar-refractivity contribution in [3.63, 3.8) is 0 Å². The third-order valence-electron chi connectivity index (χ3n) is 6.15. The van der Waals surface area contributed by atoms with E-state index in [0.717, 1.165) is 59.5 Å². The zero-order chi connectivity index (χ0) is 22.1. The first-order chi connectivity index (χ1) is 15.6. The van der Waals surface area contributed by atoms with Crippen molar-refractivity contribution in [3.8, 4) is 22.6 Å². The minimum atomic E-state index is -0.0256. The Balaban J connectivity index is 1.44. The van der Waals surface area contributed by atoms with Crippen LogP contribution in [0.4, 0.5) is 0 Å². The van der Waals surface area contributed by atoms with Crippen molar-refractivity contribution >= 4 is 16.8 Å². The summed E-state index contributed by atoms with van der Waals surface area (Å²) in [6.45, 7) is 3.77. The van der Waals surface area contributed by atoms with Crippen LogP contribution >= 0.6 is 0 Å². The topological polar surface area (TPSA) is 103 Å². The second-order valence-corrected chi connectivity index (χ2v) is 8.45. The SMILES string of the molecule is CCN(C)Cc1nc(-c2ccc3[nH]nc(-c4cccc(C(=O)NC5CCC5)c4)c3c2)n[nH]1. The highest BCUT2D eigenvalue weighted by molar-refractivity contribution is 5.99. The summed E-state index contributed by atoms with van der Waals surface area (Å²) < 4.78 is 0. The number of hydrogen-bond donors (Lipinski definition) is 3. The number of aromatic amines is 2. The molecule has 0 bridgehead atoms. The predicted octanol–water partition coefficient (Wildman–Crippen LogP) is 3.75. The van der Waals surface area contributed by atoms with Gasteiger partial charge in [0.2, 0.25) is 0 Å². The Morgan fingerprint density at radius 3 is 2.78 bits per heavy atom. The molecule has 1 fully saturated rings. The van der Waals surface area contributed by atoms with Gasteiger partial charge >= 0.3 is 0 Å². The van der Waals surface area contributed by atoms with Crippen molar-refractivity contribution in [2.24, 2.45) is 0 Å². The average Bonchev–Trinajstić information content (AvgIpc) is 3.42. The van der Waals surface area contributed by atoms with Crippen molar-refractivity contribution < 1.29 is 4.79 Å². The summed E-state index contributed by atoms with van der Waals surface area (Å²) in [5, 5.41) is 19.1. The van der Waals surface area contributed by atoms with E-state index in [9.17, 15) is 4.79 Å². The molecule has 2 heterocycles. The summed E-state index contributed by atoms with van der Waals surface area (Å²) in [5.41, 5.74) is 4.20. The van der Waals surface area contributed by atoms with Crippen LogP contribution in [0.15, 0.2) is 42.5 Å². The number of aromatic nitrogens is 5. The first-order valence-corrected chi connectivity index (χ1v) is 11.1. The molecule has 2 aromatic carbocycles. The Hall–Kier alpha value is -3.52. The molecule has 1 aliphatic carbocycles. The molecule has 0 aliphatic heterocycles. The van der Waals surface area contributed by atoms with Gasteiger partial charge in [-0.25, -0.2) is 4.98 Å². The average molecular weight is 430 g/mol. The number of carbonyl (C=O) groups excluding carboxylic acids is 1. The van der Waals surface area contributed by atoms with E-state index in [1.807, 2.05) is 49.5 Å². The molecule has 1 saturated carbocycles. The zero-order valence-electron chi connectivity index (χ0n) is 18.4. The largest absolute Gasteiger partial charge is 0.349 e. The number of carbonyl (C=O) groups is 1. The van der Waals surface area contributed by atoms with Crippen molar-refractivity contribution in [1.29, 1.82) is 0 Å². The van der Waals surface area contributed by atoms with Crippen molar-refractivity contribution in [1.82, 2.24) is 35.6 Å². The number of nitrogens with zero attached hydrogens (tertiary/aromatic N) is 4. The van der Waals surface area contributed by atoms with Gasteiger partial charge in [-0.05, 0) is 63.2 Å². The van der Waals surface area contributed by atoms with Crippen molar-refractivity contribution in [2.75, 3.05) is 13.6 Å². The molecule has 1 amide bonds. The van der Waals surface area contributed by atoms with E-state index in [-0.39, 0.29) is 5.91 Å². The number of nitrogens with one attached hydrogen (secondary N) is 3. The standard InChI is InChI=1S/C24H27N7O/c1-3-31(2)14-21-26-23(30-28-21)16-10-11-20-19(13-16)22(29-27-20)15-6-4-7-17(12-15)24(32)25-18-8-5-9-18/h4,6-7,10-13,18H,3,5,8-9,14H2,1-2H3,(H,25,32)(H,27,29)(H,26,28,30). The van der Waals surface area contributed by atoms with Crippen LogP contribution in [0.3, 0.4) is 0 Å². The maximum Gasteiger partial charge on any atom is 0.251 e. The van der Waals surface area contributed by atoms with Gasteiger partial charge in [-0.1, -0.05) is 19.1 Å². The Morgan fingerprint density at radius 1 is 1.12 bits per heavy atom. The molecule has 3 N–H and O–H groups in total. The van der Waals surface area contributed by atoms with Crippen LogP contribution in [0.2, 0.25) is 0 Å². The van der Waals surface area contributed by atoms with Gasteiger partial charge in [0, 0.05) is 28.1 Å². The van der Waals surface area contributed by atoms with Crippen molar-refractivity contribution in [2.45, 2.75) is 38.8 Å². The first-order valence-electron chi connectivity index (χ1n) is 11.1. The first kappa shape index (κ1) is 20.4. The molecular weight excluding hydrogens is 402 g/mol. The van der Waals surface area contributed by atoms with E-state index in [1.165, 1.54) is 6.42 Å². The normalized spacial score (nSPS) is 14.1. The molecule has 0 atom stereocenters. The van der Waals surface area contributed by atoms with Crippen LogP contribution in [0.1, 0.15) is 42.4 Å². The highest BCUT2D eigenvalue weighted by atomic mass is 16.1.